The van der Waals surface area contributed by atoms with E-state index in [2.05, 4.69) is 15.9 Å². The van der Waals surface area contributed by atoms with Gasteiger partial charge in [-0.2, -0.15) is 0 Å². The highest BCUT2D eigenvalue weighted by Gasteiger charge is 2.23. The molecule has 0 fully saturated rings. The second kappa shape index (κ2) is 8.24. The average Bonchev–Trinajstić information content (AvgIpc) is 2.96. The van der Waals surface area contributed by atoms with Crippen LogP contribution < -0.4 is 9.96 Å². The van der Waals surface area contributed by atoms with E-state index in [-0.39, 0.29) is 33.9 Å². The minimum absolute atomic E-state index is 0.0622. The molecule has 9 heteroatoms. The molecule has 1 heterocycles. The molecule has 3 rings (SSSR count). The Bertz CT molecular complexity index is 1090. The molecule has 0 amide bonds. The van der Waals surface area contributed by atoms with Gasteiger partial charge >= 0.3 is 11.9 Å². The number of carbonyl (C=O) groups excluding carboxylic acids is 2. The SMILES string of the molecule is Cc1oc2cc(Br)c(OC(=O)c3cccc(N([O-])O)c3)cc2c1C(=O)OC(C)C. The van der Waals surface area contributed by atoms with Gasteiger partial charge in [-0.05, 0) is 67.0 Å². The van der Waals surface area contributed by atoms with E-state index in [1.807, 2.05) is 0 Å². The van der Waals surface area contributed by atoms with Crippen LogP contribution in [-0.4, -0.2) is 23.2 Å². The van der Waals surface area contributed by atoms with Crippen molar-refractivity contribution in [3.05, 3.63) is 63.0 Å². The molecule has 1 aromatic heterocycles. The van der Waals surface area contributed by atoms with Gasteiger partial charge in [0, 0.05) is 5.39 Å². The third-order valence-corrected chi connectivity index (χ3v) is 4.59. The van der Waals surface area contributed by atoms with Crippen LogP contribution in [0, 0.1) is 12.1 Å². The Balaban J connectivity index is 1.97. The van der Waals surface area contributed by atoms with E-state index < -0.39 is 11.9 Å². The van der Waals surface area contributed by atoms with Crippen LogP contribution in [-0.2, 0) is 4.74 Å². The Kier molecular flexibility index (Phi) is 5.92. The van der Waals surface area contributed by atoms with E-state index in [1.165, 1.54) is 30.3 Å². The molecule has 0 spiro atoms. The second-order valence-corrected chi connectivity index (χ2v) is 7.33. The first kappa shape index (κ1) is 20.8. The molecule has 0 bridgehead atoms. The van der Waals surface area contributed by atoms with Crippen molar-refractivity contribution in [2.75, 3.05) is 5.23 Å². The fraction of sp³-hybridized carbons (Fsp3) is 0.200. The third-order valence-electron chi connectivity index (χ3n) is 3.97. The van der Waals surface area contributed by atoms with Crippen LogP contribution in [0.5, 0.6) is 5.75 Å². The lowest BCUT2D eigenvalue weighted by Gasteiger charge is -2.21. The molecular weight excluding hydrogens is 446 g/mol. The highest BCUT2D eigenvalue weighted by Crippen LogP contribution is 2.36. The smallest absolute Gasteiger partial charge is 0.343 e. The van der Waals surface area contributed by atoms with E-state index in [4.69, 9.17) is 19.1 Å². The van der Waals surface area contributed by atoms with Gasteiger partial charge in [-0.25, -0.2) is 9.59 Å². The minimum Gasteiger partial charge on any atom is -0.733 e. The van der Waals surface area contributed by atoms with E-state index in [1.54, 1.807) is 26.8 Å². The highest BCUT2D eigenvalue weighted by molar-refractivity contribution is 9.10. The predicted molar refractivity (Wildman–Crippen MR) is 108 cm³/mol. The number of rotatable bonds is 5. The summed E-state index contributed by atoms with van der Waals surface area (Å²) in [5.41, 5.74) is 0.627. The summed E-state index contributed by atoms with van der Waals surface area (Å²) in [6, 6.07) is 8.49. The van der Waals surface area contributed by atoms with Crippen molar-refractivity contribution in [2.24, 2.45) is 0 Å². The van der Waals surface area contributed by atoms with Crippen LogP contribution in [0.1, 0.15) is 40.3 Å². The number of halogens is 1. The molecule has 3 aromatic rings. The predicted octanol–water partition coefficient (Wildman–Crippen LogP) is 4.98. The molecule has 1 N–H and O–H groups in total. The Morgan fingerprint density at radius 2 is 1.93 bits per heavy atom. The van der Waals surface area contributed by atoms with Gasteiger partial charge in [-0.3, -0.25) is 5.21 Å². The number of anilines is 1. The normalized spacial score (nSPS) is 11.0. The molecular formula is C20H17BrNO7-. The molecule has 0 unspecified atom stereocenters. The summed E-state index contributed by atoms with van der Waals surface area (Å²) in [5.74, 6) is -0.759. The number of fused-ring (bicyclic) bond motifs is 1. The van der Waals surface area contributed by atoms with Gasteiger partial charge in [-0.1, -0.05) is 6.07 Å². The Morgan fingerprint density at radius 1 is 1.21 bits per heavy atom. The van der Waals surface area contributed by atoms with Crippen molar-refractivity contribution in [3.8, 4) is 5.75 Å². The van der Waals surface area contributed by atoms with Crippen molar-refractivity contribution < 1.29 is 28.7 Å². The molecule has 0 aliphatic heterocycles. The molecule has 8 nitrogen and oxygen atoms in total. The lowest BCUT2D eigenvalue weighted by atomic mass is 10.1. The van der Waals surface area contributed by atoms with Gasteiger partial charge in [0.05, 0.1) is 21.8 Å². The third kappa shape index (κ3) is 4.42. The monoisotopic (exact) mass is 462 g/mol. The summed E-state index contributed by atoms with van der Waals surface area (Å²) in [6.45, 7) is 5.12. The number of hydrogen-bond donors (Lipinski definition) is 1. The van der Waals surface area contributed by atoms with Crippen molar-refractivity contribution in [1.82, 2.24) is 0 Å². The number of furan rings is 1. The fourth-order valence-electron chi connectivity index (χ4n) is 2.74. The maximum absolute atomic E-state index is 12.5. The zero-order valence-corrected chi connectivity index (χ0v) is 17.3. The average molecular weight is 463 g/mol. The summed E-state index contributed by atoms with van der Waals surface area (Å²) in [4.78, 5) is 24.9. The van der Waals surface area contributed by atoms with E-state index >= 15 is 0 Å². The maximum atomic E-state index is 12.5. The lowest BCUT2D eigenvalue weighted by molar-refractivity contribution is 0.0378. The number of nitrogens with zero attached hydrogens (tertiary/aromatic N) is 1. The van der Waals surface area contributed by atoms with Crippen molar-refractivity contribution >= 4 is 44.5 Å². The first-order valence-electron chi connectivity index (χ1n) is 8.59. The highest BCUT2D eigenvalue weighted by atomic mass is 79.9. The number of hydrogen-bond acceptors (Lipinski definition) is 8. The first-order valence-corrected chi connectivity index (χ1v) is 9.38. The van der Waals surface area contributed by atoms with Crippen LogP contribution in [0.3, 0.4) is 0 Å². The Morgan fingerprint density at radius 3 is 2.59 bits per heavy atom. The number of esters is 2. The Hall–Kier alpha value is -2.88. The number of carbonyl (C=O) groups is 2. The quantitative estimate of drug-likeness (QED) is 0.320. The number of benzene rings is 2. The van der Waals surface area contributed by atoms with E-state index in [9.17, 15) is 14.8 Å². The zero-order valence-electron chi connectivity index (χ0n) is 15.8. The van der Waals surface area contributed by atoms with Gasteiger partial charge in [0.1, 0.15) is 22.7 Å². The minimum atomic E-state index is -0.750. The topological polar surface area (TPSA) is 112 Å². The second-order valence-electron chi connectivity index (χ2n) is 6.48. The van der Waals surface area contributed by atoms with Crippen LogP contribution >= 0.6 is 15.9 Å². The summed E-state index contributed by atoms with van der Waals surface area (Å²) >= 11 is 3.32. The summed E-state index contributed by atoms with van der Waals surface area (Å²) in [6.07, 6.45) is -0.307. The van der Waals surface area contributed by atoms with Gasteiger partial charge in [0.15, 0.2) is 0 Å². The van der Waals surface area contributed by atoms with Crippen molar-refractivity contribution in [3.63, 3.8) is 0 Å². The van der Waals surface area contributed by atoms with E-state index in [0.29, 0.717) is 21.2 Å². The van der Waals surface area contributed by atoms with Crippen molar-refractivity contribution in [2.45, 2.75) is 26.9 Å². The summed E-state index contributed by atoms with van der Waals surface area (Å²) in [5, 5.41) is 20.1. The molecule has 0 saturated carbocycles. The number of aryl methyl sites for hydroxylation is 1. The van der Waals surface area contributed by atoms with Crippen LogP contribution in [0.25, 0.3) is 11.0 Å². The molecule has 0 atom stereocenters. The summed E-state index contributed by atoms with van der Waals surface area (Å²) < 4.78 is 16.7. The molecule has 0 saturated heterocycles. The van der Waals surface area contributed by atoms with E-state index in [0.717, 1.165) is 0 Å². The summed E-state index contributed by atoms with van der Waals surface area (Å²) in [7, 11) is 0. The standard InChI is InChI=1S/C20H17BrNO7/c1-10(2)27-20(24)18-11(3)28-16-9-15(21)17(8-14(16)18)29-19(23)12-5-4-6-13(7-12)22(25)26/h4-10,25H,1-3H3/q-1. The molecule has 29 heavy (non-hydrogen) atoms. The lowest BCUT2D eigenvalue weighted by Crippen LogP contribution is -2.12. The van der Waals surface area contributed by atoms with Crippen LogP contribution in [0.4, 0.5) is 5.69 Å². The van der Waals surface area contributed by atoms with Crippen LogP contribution in [0.2, 0.25) is 0 Å². The fourth-order valence-corrected chi connectivity index (χ4v) is 3.14. The molecule has 152 valence electrons. The molecule has 2 aromatic carbocycles. The van der Waals surface area contributed by atoms with Gasteiger partial charge < -0.3 is 24.3 Å². The largest absolute Gasteiger partial charge is 0.733 e. The molecule has 0 radical (unpaired) electrons. The maximum Gasteiger partial charge on any atom is 0.343 e. The molecule has 0 aliphatic carbocycles. The molecule has 0 aliphatic rings. The first-order chi connectivity index (χ1) is 13.7. The zero-order chi connectivity index (χ0) is 21.3. The van der Waals surface area contributed by atoms with Crippen LogP contribution in [0.15, 0.2) is 45.3 Å². The van der Waals surface area contributed by atoms with Gasteiger partial charge in [0.25, 0.3) is 0 Å². The van der Waals surface area contributed by atoms with Gasteiger partial charge in [-0.15, -0.1) is 0 Å². The number of ether oxygens (including phenoxy) is 2. The van der Waals surface area contributed by atoms with Gasteiger partial charge in [0.2, 0.25) is 0 Å². The Labute approximate surface area is 174 Å². The van der Waals surface area contributed by atoms with Crippen molar-refractivity contribution in [1.29, 1.82) is 0 Å².